The molecule has 0 aliphatic heterocycles. The molecule has 0 saturated carbocycles. The van der Waals surface area contributed by atoms with Gasteiger partial charge < -0.3 is 10.6 Å². The molecule has 0 aliphatic carbocycles. The van der Waals surface area contributed by atoms with Gasteiger partial charge >= 0.3 is 0 Å². The zero-order chi connectivity index (χ0) is 18.6. The highest BCUT2D eigenvalue weighted by molar-refractivity contribution is 9.10. The Morgan fingerprint density at radius 1 is 1.16 bits per heavy atom. The SMILES string of the molecule is Cc1ccc(NC(=O)CNC(=O)c2cccc(Br)c2)cc1S(N)(=O)=O. The van der Waals surface area contributed by atoms with E-state index in [1.807, 2.05) is 0 Å². The summed E-state index contributed by atoms with van der Waals surface area (Å²) in [7, 11) is -3.88. The van der Waals surface area contributed by atoms with Gasteiger partial charge in [0, 0.05) is 15.7 Å². The van der Waals surface area contributed by atoms with Gasteiger partial charge in [0.25, 0.3) is 5.91 Å². The van der Waals surface area contributed by atoms with E-state index >= 15 is 0 Å². The molecule has 25 heavy (non-hydrogen) atoms. The number of sulfonamides is 1. The second-order valence-electron chi connectivity index (χ2n) is 5.27. The van der Waals surface area contributed by atoms with Crippen molar-refractivity contribution in [2.75, 3.05) is 11.9 Å². The molecule has 0 saturated heterocycles. The van der Waals surface area contributed by atoms with Crippen LogP contribution in [0.3, 0.4) is 0 Å². The maximum Gasteiger partial charge on any atom is 0.251 e. The third-order valence-electron chi connectivity index (χ3n) is 3.27. The molecular formula is C16H16BrN3O4S. The number of amides is 2. The summed E-state index contributed by atoms with van der Waals surface area (Å²) in [6, 6.07) is 11.1. The number of carbonyl (C=O) groups excluding carboxylic acids is 2. The van der Waals surface area contributed by atoms with Crippen LogP contribution in [0.15, 0.2) is 51.8 Å². The minimum atomic E-state index is -3.88. The second kappa shape index (κ2) is 7.77. The summed E-state index contributed by atoms with van der Waals surface area (Å²) in [5.74, 6) is -0.891. The molecule has 4 N–H and O–H groups in total. The lowest BCUT2D eigenvalue weighted by Gasteiger charge is -2.10. The van der Waals surface area contributed by atoms with Crippen LogP contribution in [0.4, 0.5) is 5.69 Å². The molecule has 2 rings (SSSR count). The van der Waals surface area contributed by atoms with Crippen molar-refractivity contribution in [1.82, 2.24) is 5.32 Å². The van der Waals surface area contributed by atoms with Gasteiger partial charge in [-0.1, -0.05) is 28.1 Å². The molecule has 7 nitrogen and oxygen atoms in total. The normalized spacial score (nSPS) is 11.0. The van der Waals surface area contributed by atoms with Gasteiger partial charge in [0.2, 0.25) is 15.9 Å². The predicted octanol–water partition coefficient (Wildman–Crippen LogP) is 1.77. The summed E-state index contributed by atoms with van der Waals surface area (Å²) < 4.78 is 23.7. The van der Waals surface area contributed by atoms with E-state index in [2.05, 4.69) is 26.6 Å². The first-order valence-electron chi connectivity index (χ1n) is 7.14. The molecule has 0 bridgehead atoms. The third kappa shape index (κ3) is 5.38. The van der Waals surface area contributed by atoms with Crippen LogP contribution in [0.1, 0.15) is 15.9 Å². The van der Waals surface area contributed by atoms with Crippen molar-refractivity contribution >= 4 is 43.5 Å². The Morgan fingerprint density at radius 3 is 2.52 bits per heavy atom. The van der Waals surface area contributed by atoms with Crippen molar-refractivity contribution in [3.8, 4) is 0 Å². The van der Waals surface area contributed by atoms with Gasteiger partial charge in [-0.3, -0.25) is 9.59 Å². The Kier molecular flexibility index (Phi) is 5.93. The van der Waals surface area contributed by atoms with Crippen LogP contribution in [0.25, 0.3) is 0 Å². The highest BCUT2D eigenvalue weighted by atomic mass is 79.9. The Hall–Kier alpha value is -2.23. The number of nitrogens with one attached hydrogen (secondary N) is 2. The molecular weight excluding hydrogens is 410 g/mol. The lowest BCUT2D eigenvalue weighted by atomic mass is 10.2. The van der Waals surface area contributed by atoms with Gasteiger partial charge in [-0.05, 0) is 42.8 Å². The number of halogens is 1. The van der Waals surface area contributed by atoms with Crippen molar-refractivity contribution in [3.63, 3.8) is 0 Å². The summed E-state index contributed by atoms with van der Waals surface area (Å²) in [6.45, 7) is 1.34. The third-order valence-corrected chi connectivity index (χ3v) is 4.82. The number of nitrogens with two attached hydrogens (primary N) is 1. The van der Waals surface area contributed by atoms with E-state index in [1.54, 1.807) is 37.3 Å². The van der Waals surface area contributed by atoms with Crippen LogP contribution in [0.5, 0.6) is 0 Å². The molecule has 0 radical (unpaired) electrons. The molecule has 0 heterocycles. The van der Waals surface area contributed by atoms with Gasteiger partial charge in [0.1, 0.15) is 0 Å². The highest BCUT2D eigenvalue weighted by Gasteiger charge is 2.14. The molecule has 0 atom stereocenters. The first-order valence-corrected chi connectivity index (χ1v) is 9.48. The quantitative estimate of drug-likeness (QED) is 0.675. The zero-order valence-electron chi connectivity index (χ0n) is 13.2. The number of carbonyl (C=O) groups is 2. The van der Waals surface area contributed by atoms with Crippen molar-refractivity contribution in [3.05, 3.63) is 58.1 Å². The molecule has 2 aromatic rings. The molecule has 0 fully saturated rings. The largest absolute Gasteiger partial charge is 0.343 e. The Balaban J connectivity index is 2.00. The first-order chi connectivity index (χ1) is 11.7. The molecule has 0 aromatic heterocycles. The van der Waals surface area contributed by atoms with Gasteiger partial charge in [-0.15, -0.1) is 0 Å². The average molecular weight is 426 g/mol. The van der Waals surface area contributed by atoms with Crippen LogP contribution < -0.4 is 15.8 Å². The zero-order valence-corrected chi connectivity index (χ0v) is 15.6. The lowest BCUT2D eigenvalue weighted by molar-refractivity contribution is -0.115. The summed E-state index contributed by atoms with van der Waals surface area (Å²) in [6.07, 6.45) is 0. The topological polar surface area (TPSA) is 118 Å². The van der Waals surface area contributed by atoms with Crippen LogP contribution in [-0.2, 0) is 14.8 Å². The Bertz CT molecular complexity index is 929. The molecule has 132 valence electrons. The molecule has 0 unspecified atom stereocenters. The van der Waals surface area contributed by atoms with Crippen molar-refractivity contribution in [2.45, 2.75) is 11.8 Å². The number of rotatable bonds is 5. The second-order valence-corrected chi connectivity index (χ2v) is 7.71. The van der Waals surface area contributed by atoms with Crippen LogP contribution in [0.2, 0.25) is 0 Å². The van der Waals surface area contributed by atoms with Crippen molar-refractivity contribution < 1.29 is 18.0 Å². The number of hydrogen-bond donors (Lipinski definition) is 3. The fourth-order valence-electron chi connectivity index (χ4n) is 2.08. The van der Waals surface area contributed by atoms with E-state index in [9.17, 15) is 18.0 Å². The molecule has 0 aliphatic rings. The highest BCUT2D eigenvalue weighted by Crippen LogP contribution is 2.18. The van der Waals surface area contributed by atoms with Gasteiger partial charge in [-0.25, -0.2) is 13.6 Å². The van der Waals surface area contributed by atoms with Crippen LogP contribution >= 0.6 is 15.9 Å². The standard InChI is InChI=1S/C16H16BrN3O4S/c1-10-5-6-13(8-14(10)25(18,23)24)20-15(21)9-19-16(22)11-3-2-4-12(17)7-11/h2-8H,9H2,1H3,(H,19,22)(H,20,21)(H2,18,23,24). The monoisotopic (exact) mass is 425 g/mol. The van der Waals surface area contributed by atoms with E-state index in [-0.39, 0.29) is 17.1 Å². The van der Waals surface area contributed by atoms with Gasteiger partial charge in [-0.2, -0.15) is 0 Å². The van der Waals surface area contributed by atoms with Crippen LogP contribution in [-0.4, -0.2) is 26.8 Å². The maximum atomic E-state index is 12.0. The lowest BCUT2D eigenvalue weighted by Crippen LogP contribution is -2.32. The van der Waals surface area contributed by atoms with Crippen LogP contribution in [0, 0.1) is 6.92 Å². The minimum Gasteiger partial charge on any atom is -0.343 e. The molecule has 2 amide bonds. The van der Waals surface area contributed by atoms with Crippen molar-refractivity contribution in [1.29, 1.82) is 0 Å². The van der Waals surface area contributed by atoms with E-state index in [4.69, 9.17) is 5.14 Å². The molecule has 0 spiro atoms. The number of primary sulfonamides is 1. The number of anilines is 1. The number of aryl methyl sites for hydroxylation is 1. The van der Waals surface area contributed by atoms with E-state index in [0.717, 1.165) is 4.47 Å². The first kappa shape index (κ1) is 19.1. The number of benzene rings is 2. The summed E-state index contributed by atoms with van der Waals surface area (Å²) in [4.78, 5) is 23.9. The van der Waals surface area contributed by atoms with Gasteiger partial charge in [0.05, 0.1) is 11.4 Å². The van der Waals surface area contributed by atoms with E-state index in [0.29, 0.717) is 11.1 Å². The Morgan fingerprint density at radius 2 is 1.88 bits per heavy atom. The van der Waals surface area contributed by atoms with E-state index in [1.165, 1.54) is 12.1 Å². The summed E-state index contributed by atoms with van der Waals surface area (Å²) >= 11 is 3.26. The summed E-state index contributed by atoms with van der Waals surface area (Å²) in [5, 5.41) is 10.1. The van der Waals surface area contributed by atoms with Gasteiger partial charge in [0.15, 0.2) is 0 Å². The molecule has 9 heteroatoms. The predicted molar refractivity (Wildman–Crippen MR) is 97.7 cm³/mol. The number of hydrogen-bond acceptors (Lipinski definition) is 4. The Labute approximate surface area is 153 Å². The summed E-state index contributed by atoms with van der Waals surface area (Å²) in [5.41, 5.74) is 1.16. The fraction of sp³-hybridized carbons (Fsp3) is 0.125. The average Bonchev–Trinajstić information content (AvgIpc) is 2.53. The molecule has 2 aromatic carbocycles. The van der Waals surface area contributed by atoms with Crippen molar-refractivity contribution in [2.24, 2.45) is 5.14 Å². The smallest absolute Gasteiger partial charge is 0.251 e. The van der Waals surface area contributed by atoms with E-state index < -0.39 is 21.8 Å². The maximum absolute atomic E-state index is 12.0. The minimum absolute atomic E-state index is 0.0662. The fourth-order valence-corrected chi connectivity index (χ4v) is 3.29.